The van der Waals surface area contributed by atoms with Gasteiger partial charge in [-0.05, 0) is 68.2 Å². The van der Waals surface area contributed by atoms with Crippen molar-refractivity contribution in [1.82, 2.24) is 5.32 Å². The van der Waals surface area contributed by atoms with Crippen molar-refractivity contribution in [3.63, 3.8) is 0 Å². The van der Waals surface area contributed by atoms with Crippen molar-refractivity contribution in [2.75, 3.05) is 6.54 Å². The third kappa shape index (κ3) is 2.94. The van der Waals surface area contributed by atoms with Gasteiger partial charge in [-0.3, -0.25) is 0 Å². The third-order valence-corrected chi connectivity index (χ3v) is 5.56. The molecule has 2 aliphatic carbocycles. The highest BCUT2D eigenvalue weighted by Crippen LogP contribution is 2.48. The van der Waals surface area contributed by atoms with Gasteiger partial charge >= 0.3 is 0 Å². The van der Waals surface area contributed by atoms with Crippen LogP contribution >= 0.6 is 23.2 Å². The van der Waals surface area contributed by atoms with Crippen molar-refractivity contribution >= 4 is 23.2 Å². The zero-order valence-electron chi connectivity index (χ0n) is 11.3. The van der Waals surface area contributed by atoms with Crippen molar-refractivity contribution in [3.05, 3.63) is 33.8 Å². The van der Waals surface area contributed by atoms with Crippen molar-refractivity contribution in [2.45, 2.75) is 38.6 Å². The number of fused-ring (bicyclic) bond motifs is 2. The van der Waals surface area contributed by atoms with E-state index in [1.54, 1.807) is 0 Å². The van der Waals surface area contributed by atoms with E-state index in [4.69, 9.17) is 23.2 Å². The van der Waals surface area contributed by atoms with Crippen molar-refractivity contribution in [3.8, 4) is 0 Å². The molecule has 4 atom stereocenters. The predicted octanol–water partition coefficient (Wildman–Crippen LogP) is 5.08. The molecule has 104 valence electrons. The van der Waals surface area contributed by atoms with Crippen LogP contribution in [-0.2, 0) is 0 Å². The number of benzene rings is 1. The van der Waals surface area contributed by atoms with Gasteiger partial charge in [-0.15, -0.1) is 0 Å². The van der Waals surface area contributed by atoms with E-state index in [1.165, 1.54) is 25.7 Å². The lowest BCUT2D eigenvalue weighted by Gasteiger charge is -2.24. The highest BCUT2D eigenvalue weighted by atomic mass is 35.5. The van der Waals surface area contributed by atoms with Crippen LogP contribution in [-0.4, -0.2) is 6.54 Å². The number of rotatable bonds is 4. The SMILES string of the molecule is CC(NCC1CC2CCC1C2)c1ccc(Cl)cc1Cl. The summed E-state index contributed by atoms with van der Waals surface area (Å²) in [6.07, 6.45) is 5.83. The molecule has 1 aromatic rings. The van der Waals surface area contributed by atoms with Gasteiger partial charge in [-0.2, -0.15) is 0 Å². The van der Waals surface area contributed by atoms with Gasteiger partial charge in [0, 0.05) is 16.1 Å². The largest absolute Gasteiger partial charge is 0.310 e. The molecule has 2 saturated carbocycles. The van der Waals surface area contributed by atoms with Crippen LogP contribution in [0.5, 0.6) is 0 Å². The maximum absolute atomic E-state index is 6.26. The number of nitrogens with one attached hydrogen (secondary N) is 1. The summed E-state index contributed by atoms with van der Waals surface area (Å²) in [5, 5.41) is 5.13. The van der Waals surface area contributed by atoms with Gasteiger partial charge in [0.1, 0.15) is 0 Å². The zero-order chi connectivity index (χ0) is 13.4. The Hall–Kier alpha value is -0.240. The van der Waals surface area contributed by atoms with Gasteiger partial charge in [0.15, 0.2) is 0 Å². The summed E-state index contributed by atoms with van der Waals surface area (Å²) in [5.41, 5.74) is 1.15. The van der Waals surface area contributed by atoms with E-state index in [1.807, 2.05) is 18.2 Å². The van der Waals surface area contributed by atoms with E-state index in [0.29, 0.717) is 11.1 Å². The lowest BCUT2D eigenvalue weighted by molar-refractivity contribution is 0.309. The maximum atomic E-state index is 6.26. The van der Waals surface area contributed by atoms with E-state index >= 15 is 0 Å². The van der Waals surface area contributed by atoms with Crippen molar-refractivity contribution in [2.24, 2.45) is 17.8 Å². The Morgan fingerprint density at radius 3 is 2.74 bits per heavy atom. The molecule has 0 aliphatic heterocycles. The fourth-order valence-corrected chi connectivity index (χ4v) is 4.49. The first-order valence-electron chi connectivity index (χ1n) is 7.32. The molecule has 3 heteroatoms. The summed E-state index contributed by atoms with van der Waals surface area (Å²) in [7, 11) is 0. The van der Waals surface area contributed by atoms with Gasteiger partial charge in [0.25, 0.3) is 0 Å². The summed E-state index contributed by atoms with van der Waals surface area (Å²) in [4.78, 5) is 0. The van der Waals surface area contributed by atoms with E-state index in [2.05, 4.69) is 12.2 Å². The average molecular weight is 298 g/mol. The zero-order valence-corrected chi connectivity index (χ0v) is 12.8. The fourth-order valence-electron chi connectivity index (χ4n) is 3.92. The minimum atomic E-state index is 0.295. The van der Waals surface area contributed by atoms with E-state index in [9.17, 15) is 0 Å². The average Bonchev–Trinajstić information content (AvgIpc) is 2.98. The molecule has 19 heavy (non-hydrogen) atoms. The van der Waals surface area contributed by atoms with Crippen LogP contribution in [0.15, 0.2) is 18.2 Å². The number of hydrogen-bond donors (Lipinski definition) is 1. The molecule has 1 N–H and O–H groups in total. The Morgan fingerprint density at radius 2 is 2.11 bits per heavy atom. The Labute approximate surface area is 125 Å². The topological polar surface area (TPSA) is 12.0 Å². The predicted molar refractivity (Wildman–Crippen MR) is 81.8 cm³/mol. The lowest BCUT2D eigenvalue weighted by atomic mass is 9.88. The minimum Gasteiger partial charge on any atom is -0.310 e. The summed E-state index contributed by atoms with van der Waals surface area (Å²) in [6, 6.07) is 6.07. The molecule has 1 nitrogen and oxygen atoms in total. The molecule has 2 bridgehead atoms. The van der Waals surface area contributed by atoms with Gasteiger partial charge < -0.3 is 5.32 Å². The fraction of sp³-hybridized carbons (Fsp3) is 0.625. The molecule has 4 unspecified atom stereocenters. The van der Waals surface area contributed by atoms with Crippen molar-refractivity contribution < 1.29 is 0 Å². The molecule has 2 fully saturated rings. The second-order valence-corrected chi connectivity index (χ2v) is 7.07. The Kier molecular flexibility index (Phi) is 4.07. The first kappa shape index (κ1) is 13.7. The van der Waals surface area contributed by atoms with Crippen molar-refractivity contribution in [1.29, 1.82) is 0 Å². The molecule has 0 amide bonds. The highest BCUT2D eigenvalue weighted by Gasteiger charge is 2.39. The lowest BCUT2D eigenvalue weighted by Crippen LogP contribution is -2.28. The summed E-state index contributed by atoms with van der Waals surface area (Å²) >= 11 is 12.2. The molecular formula is C16H21Cl2N. The van der Waals surface area contributed by atoms with E-state index < -0.39 is 0 Å². The second kappa shape index (κ2) is 5.63. The Balaban J connectivity index is 1.57. The Bertz CT molecular complexity index is 460. The van der Waals surface area contributed by atoms with E-state index in [0.717, 1.165) is 34.9 Å². The first-order valence-corrected chi connectivity index (χ1v) is 8.07. The molecule has 0 aromatic heterocycles. The van der Waals surface area contributed by atoms with Gasteiger partial charge in [-0.25, -0.2) is 0 Å². The molecule has 0 spiro atoms. The molecule has 1 aromatic carbocycles. The summed E-state index contributed by atoms with van der Waals surface area (Å²) in [5.74, 6) is 2.88. The monoisotopic (exact) mass is 297 g/mol. The van der Waals surface area contributed by atoms with Gasteiger partial charge in [0.2, 0.25) is 0 Å². The van der Waals surface area contributed by atoms with Crippen LogP contribution in [0.3, 0.4) is 0 Å². The molecule has 0 radical (unpaired) electrons. The standard InChI is InChI=1S/C16H21Cl2N/c1-10(15-5-4-14(17)8-16(15)18)19-9-13-7-11-2-3-12(13)6-11/h4-5,8,10-13,19H,2-3,6-7,9H2,1H3. The number of hydrogen-bond acceptors (Lipinski definition) is 1. The van der Waals surface area contributed by atoms with E-state index in [-0.39, 0.29) is 0 Å². The van der Waals surface area contributed by atoms with Crippen LogP contribution < -0.4 is 5.32 Å². The van der Waals surface area contributed by atoms with Gasteiger partial charge in [-0.1, -0.05) is 35.7 Å². The smallest absolute Gasteiger partial charge is 0.0468 e. The Morgan fingerprint density at radius 1 is 1.26 bits per heavy atom. The minimum absolute atomic E-state index is 0.295. The summed E-state index contributed by atoms with van der Waals surface area (Å²) in [6.45, 7) is 3.31. The summed E-state index contributed by atoms with van der Waals surface area (Å²) < 4.78 is 0. The molecule has 0 heterocycles. The normalized spacial score (nSPS) is 30.8. The van der Waals surface area contributed by atoms with Gasteiger partial charge in [0.05, 0.1) is 0 Å². The maximum Gasteiger partial charge on any atom is 0.0468 e. The van der Waals surface area contributed by atoms with Crippen LogP contribution in [0.25, 0.3) is 0 Å². The third-order valence-electron chi connectivity index (χ3n) is 5.00. The molecule has 0 saturated heterocycles. The highest BCUT2D eigenvalue weighted by molar-refractivity contribution is 6.35. The second-order valence-electron chi connectivity index (χ2n) is 6.23. The first-order chi connectivity index (χ1) is 9.13. The quantitative estimate of drug-likeness (QED) is 0.817. The molecule has 2 aliphatic rings. The molecule has 3 rings (SSSR count). The van der Waals surface area contributed by atoms with Crippen LogP contribution in [0, 0.1) is 17.8 Å². The number of halogens is 2. The van der Waals surface area contributed by atoms with Crippen LogP contribution in [0.4, 0.5) is 0 Å². The molecular weight excluding hydrogens is 277 g/mol. The van der Waals surface area contributed by atoms with Crippen LogP contribution in [0.1, 0.15) is 44.2 Å². The van der Waals surface area contributed by atoms with Crippen LogP contribution in [0.2, 0.25) is 10.0 Å².